The van der Waals surface area contributed by atoms with Gasteiger partial charge < -0.3 is 14.4 Å². The van der Waals surface area contributed by atoms with Crippen molar-refractivity contribution in [2.24, 2.45) is 5.92 Å². The Morgan fingerprint density at radius 3 is 2.22 bits per heavy atom. The van der Waals surface area contributed by atoms with E-state index in [1.807, 2.05) is 30.6 Å². The summed E-state index contributed by atoms with van der Waals surface area (Å²) in [6.45, 7) is 4.76. The van der Waals surface area contributed by atoms with E-state index in [2.05, 4.69) is 133 Å². The molecule has 1 fully saturated rings. The van der Waals surface area contributed by atoms with E-state index >= 15 is 0 Å². The van der Waals surface area contributed by atoms with Gasteiger partial charge in [0, 0.05) is 36.6 Å². The molecule has 0 atom stereocenters. The third-order valence-corrected chi connectivity index (χ3v) is 12.6. The number of aryl methyl sites for hydroxylation is 1. The van der Waals surface area contributed by atoms with Gasteiger partial charge in [-0.05, 0) is 68.7 Å². The normalized spacial score (nSPS) is 14.1. The van der Waals surface area contributed by atoms with Gasteiger partial charge in [0.15, 0.2) is 0 Å². The van der Waals surface area contributed by atoms with Crippen molar-refractivity contribution in [3.05, 3.63) is 163 Å². The van der Waals surface area contributed by atoms with E-state index in [1.165, 1.54) is 64.8 Å². The van der Waals surface area contributed by atoms with Crippen molar-refractivity contribution >= 4 is 35.2 Å². The monoisotopic (exact) mass is 914 g/mol. The summed E-state index contributed by atoms with van der Waals surface area (Å²) in [6.07, 6.45) is 10.5. The zero-order valence-electron chi connectivity index (χ0n) is 34.5. The molecule has 0 spiro atoms. The van der Waals surface area contributed by atoms with Crippen LogP contribution >= 0.6 is 0 Å². The van der Waals surface area contributed by atoms with Gasteiger partial charge in [-0.1, -0.05) is 154 Å². The minimum atomic E-state index is -2.08. The molecule has 0 bridgehead atoms. The van der Waals surface area contributed by atoms with E-state index < -0.39 is 14.9 Å². The maximum absolute atomic E-state index is 7.35. The van der Waals surface area contributed by atoms with E-state index in [9.17, 15) is 0 Å². The fourth-order valence-electron chi connectivity index (χ4n) is 7.50. The van der Waals surface area contributed by atoms with E-state index in [-0.39, 0.29) is 20.1 Å². The summed E-state index contributed by atoms with van der Waals surface area (Å²) >= 11 is 0. The smallest absolute Gasteiger partial charge is 0.124 e. The van der Waals surface area contributed by atoms with Crippen LogP contribution in [0.5, 0.6) is 0 Å². The summed E-state index contributed by atoms with van der Waals surface area (Å²) in [4.78, 5) is 9.14. The number of pyridine rings is 2. The molecule has 9 rings (SSSR count). The maximum Gasteiger partial charge on any atom is 0.124 e. The standard InChI is InChI=1S/C35H28NO.C15H18NSi.Ir/c1-2-9-26(10-3-1)27-13-15-28(16-14-27)30-11-6-12-33-35(30)31-18-17-29(23-34(31)37-33)32-22-25(19-20-36-32)21-24-7-4-5-8-24;1-12-5-7-13(8-6-12)15-10-9-14(11-16-15)17(2,3)4;/h1-3,6,9-20,22,24H,4-5,7-8,21H2;5-7,9-11H,1-4H3;/q2*-1;/i;1D3;. The number of fused-ring (bicyclic) bond motifs is 3. The Hall–Kier alpha value is -4.93. The second kappa shape index (κ2) is 16.8. The molecule has 55 heavy (non-hydrogen) atoms. The molecule has 0 N–H and O–H groups in total. The van der Waals surface area contributed by atoms with Crippen molar-refractivity contribution in [1.29, 1.82) is 0 Å². The molecule has 3 nitrogen and oxygen atoms in total. The first-order chi connectivity index (χ1) is 27.5. The molecule has 0 amide bonds. The van der Waals surface area contributed by atoms with Gasteiger partial charge in [-0.25, -0.2) is 0 Å². The molecule has 277 valence electrons. The molecule has 0 saturated heterocycles. The van der Waals surface area contributed by atoms with Gasteiger partial charge in [0.2, 0.25) is 0 Å². The predicted molar refractivity (Wildman–Crippen MR) is 229 cm³/mol. The zero-order valence-corrected chi connectivity index (χ0v) is 34.9. The van der Waals surface area contributed by atoms with Crippen molar-refractivity contribution < 1.29 is 28.6 Å². The number of rotatable bonds is 7. The molecule has 1 saturated carbocycles. The predicted octanol–water partition coefficient (Wildman–Crippen LogP) is 12.9. The van der Waals surface area contributed by atoms with Crippen molar-refractivity contribution in [3.63, 3.8) is 0 Å². The Kier molecular flexibility index (Phi) is 10.6. The molecule has 0 unspecified atom stereocenters. The van der Waals surface area contributed by atoms with Crippen molar-refractivity contribution in [2.75, 3.05) is 0 Å². The molecule has 1 aliphatic carbocycles. The van der Waals surface area contributed by atoms with E-state index in [4.69, 9.17) is 8.53 Å². The largest absolute Gasteiger partial charge is 0.477 e. The van der Waals surface area contributed by atoms with Crippen LogP contribution in [0, 0.1) is 24.9 Å². The van der Waals surface area contributed by atoms with Crippen LogP contribution < -0.4 is 5.19 Å². The van der Waals surface area contributed by atoms with Crippen LogP contribution in [0.3, 0.4) is 0 Å². The summed E-state index contributed by atoms with van der Waals surface area (Å²) in [5.74, 6) is 0.817. The summed E-state index contributed by atoms with van der Waals surface area (Å²) in [7, 11) is -1.34. The van der Waals surface area contributed by atoms with Gasteiger partial charge in [0.25, 0.3) is 0 Å². The van der Waals surface area contributed by atoms with Gasteiger partial charge in [-0.2, -0.15) is 0 Å². The number of furan rings is 1. The minimum absolute atomic E-state index is 0. The van der Waals surface area contributed by atoms with Crippen LogP contribution in [0.25, 0.3) is 66.7 Å². The molecule has 3 heterocycles. The number of hydrogen-bond acceptors (Lipinski definition) is 3. The van der Waals surface area contributed by atoms with Gasteiger partial charge >= 0.3 is 0 Å². The Morgan fingerprint density at radius 2 is 1.51 bits per heavy atom. The molecular weight excluding hydrogens is 865 g/mol. The average Bonchev–Trinajstić information content (AvgIpc) is 3.88. The molecule has 0 aliphatic heterocycles. The first-order valence-electron chi connectivity index (χ1n) is 20.5. The quantitative estimate of drug-likeness (QED) is 0.118. The van der Waals surface area contributed by atoms with Crippen LogP contribution in [0.15, 0.2) is 144 Å². The van der Waals surface area contributed by atoms with Crippen LogP contribution in [-0.2, 0) is 26.5 Å². The average molecular weight is 914 g/mol. The Labute approximate surface area is 344 Å². The van der Waals surface area contributed by atoms with Crippen molar-refractivity contribution in [2.45, 2.75) is 58.6 Å². The second-order valence-electron chi connectivity index (χ2n) is 15.4. The second-order valence-corrected chi connectivity index (χ2v) is 20.5. The maximum atomic E-state index is 7.35. The van der Waals surface area contributed by atoms with Gasteiger partial charge in [-0.15, -0.1) is 53.1 Å². The number of aromatic nitrogens is 2. The molecule has 1 radical (unpaired) electrons. The zero-order chi connectivity index (χ0) is 39.6. The topological polar surface area (TPSA) is 38.9 Å². The molecule has 1 aliphatic rings. The van der Waals surface area contributed by atoms with Crippen LogP contribution in [0.2, 0.25) is 19.6 Å². The SMILES string of the molecule is [2H]C([2H])([2H])c1c[c-]c(-c2ccc([Si](C)(C)C)cn2)cc1.[Ir].[c-]1c(-c2cc(CC3CCCC3)ccn2)ccc2c1oc1cccc(-c3ccc(-c4ccccc4)cc3)c12. The molecular formula is C50H46IrN2OSi-2. The van der Waals surface area contributed by atoms with Gasteiger partial charge in [0.1, 0.15) is 5.58 Å². The Balaban J connectivity index is 0.000000208. The fraction of sp³-hybridized carbons (Fsp3) is 0.200. The van der Waals surface area contributed by atoms with Crippen molar-refractivity contribution in [3.8, 4) is 44.8 Å². The summed E-state index contributed by atoms with van der Waals surface area (Å²) in [6, 6.07) is 49.8. The van der Waals surface area contributed by atoms with E-state index in [1.54, 1.807) is 12.1 Å². The first kappa shape index (κ1) is 34.5. The summed E-state index contributed by atoms with van der Waals surface area (Å²) < 4.78 is 28.4. The number of benzene rings is 5. The molecule has 5 heteroatoms. The Morgan fingerprint density at radius 1 is 0.745 bits per heavy atom. The fourth-order valence-corrected chi connectivity index (χ4v) is 8.53. The molecule has 3 aromatic heterocycles. The number of nitrogens with zero attached hydrogens (tertiary/aromatic N) is 2. The van der Waals surface area contributed by atoms with Crippen LogP contribution in [0.4, 0.5) is 0 Å². The summed E-state index contributed by atoms with van der Waals surface area (Å²) in [5.41, 5.74) is 11.7. The van der Waals surface area contributed by atoms with Gasteiger partial charge in [-0.3, -0.25) is 0 Å². The molecule has 8 aromatic rings. The summed E-state index contributed by atoms with van der Waals surface area (Å²) in [5, 5.41) is 3.53. The molecule has 5 aromatic carbocycles. The number of hydrogen-bond donors (Lipinski definition) is 0. The first-order valence-corrected chi connectivity index (χ1v) is 22.5. The third-order valence-electron chi connectivity index (χ3n) is 10.5. The van der Waals surface area contributed by atoms with Gasteiger partial charge in [0.05, 0.1) is 13.7 Å². The minimum Gasteiger partial charge on any atom is -0.477 e. The van der Waals surface area contributed by atoms with Crippen molar-refractivity contribution in [1.82, 2.24) is 9.97 Å². The Bertz CT molecular complexity index is 2550. The van der Waals surface area contributed by atoms with E-state index in [0.717, 1.165) is 56.8 Å². The van der Waals surface area contributed by atoms with E-state index in [0.29, 0.717) is 5.56 Å². The van der Waals surface area contributed by atoms with Crippen LogP contribution in [-0.4, -0.2) is 18.0 Å². The third kappa shape index (κ3) is 8.81. The van der Waals surface area contributed by atoms with Crippen LogP contribution in [0.1, 0.15) is 40.9 Å².